The topological polar surface area (TPSA) is 80.5 Å². The van der Waals surface area contributed by atoms with Gasteiger partial charge in [-0.2, -0.15) is 5.10 Å². The molecule has 7 heteroatoms. The highest BCUT2D eigenvalue weighted by Gasteiger charge is 2.15. The Balaban J connectivity index is 2.07. The zero-order valence-electron chi connectivity index (χ0n) is 9.09. The summed E-state index contributed by atoms with van der Waals surface area (Å²) in [7, 11) is 0. The molecular weight excluding hydrogens is 270 g/mol. The molecule has 0 radical (unpaired) electrons. The highest BCUT2D eigenvalue weighted by molar-refractivity contribution is 7.12. The number of nitrogens with zero attached hydrogens (tertiary/aromatic N) is 3. The Morgan fingerprint density at radius 3 is 2.67 bits per heavy atom. The Hall–Kier alpha value is -1.92. The first-order valence-corrected chi connectivity index (χ1v) is 6.38. The van der Waals surface area contributed by atoms with Gasteiger partial charge in [-0.05, 0) is 12.1 Å². The molecule has 3 aromatic rings. The Morgan fingerprint density at radius 1 is 1.22 bits per heavy atom. The van der Waals surface area contributed by atoms with Crippen LogP contribution in [-0.2, 0) is 0 Å². The number of rotatable bonds is 2. The van der Waals surface area contributed by atoms with Crippen LogP contribution in [0.1, 0.15) is 0 Å². The third kappa shape index (κ3) is 1.85. The van der Waals surface area contributed by atoms with Crippen molar-refractivity contribution in [1.82, 2.24) is 20.4 Å². The van der Waals surface area contributed by atoms with E-state index in [9.17, 15) is 0 Å². The number of benzene rings is 1. The lowest BCUT2D eigenvalue weighted by molar-refractivity contribution is 1.06. The summed E-state index contributed by atoms with van der Waals surface area (Å²) in [6, 6.07) is 7.35. The Kier molecular flexibility index (Phi) is 2.73. The summed E-state index contributed by atoms with van der Waals surface area (Å²) in [5.74, 6) is 0. The molecule has 0 aliphatic carbocycles. The van der Waals surface area contributed by atoms with Crippen molar-refractivity contribution in [3.63, 3.8) is 0 Å². The Labute approximate surface area is 112 Å². The SMILES string of the molecule is Nc1c(-c2ccc(Cl)cc2)n[nH]c1-c1nncs1. The minimum Gasteiger partial charge on any atom is -0.395 e. The van der Waals surface area contributed by atoms with Crippen molar-refractivity contribution >= 4 is 28.6 Å². The van der Waals surface area contributed by atoms with E-state index in [1.165, 1.54) is 11.3 Å². The highest BCUT2D eigenvalue weighted by atomic mass is 35.5. The van der Waals surface area contributed by atoms with Crippen LogP contribution < -0.4 is 5.73 Å². The fourth-order valence-corrected chi connectivity index (χ4v) is 2.31. The van der Waals surface area contributed by atoms with Crippen LogP contribution >= 0.6 is 22.9 Å². The number of aromatic nitrogens is 4. The van der Waals surface area contributed by atoms with E-state index in [-0.39, 0.29) is 0 Å². The summed E-state index contributed by atoms with van der Waals surface area (Å²) in [4.78, 5) is 0. The van der Waals surface area contributed by atoms with Gasteiger partial charge >= 0.3 is 0 Å². The summed E-state index contributed by atoms with van der Waals surface area (Å²) >= 11 is 7.26. The van der Waals surface area contributed by atoms with Crippen molar-refractivity contribution in [1.29, 1.82) is 0 Å². The van der Waals surface area contributed by atoms with Crippen molar-refractivity contribution in [2.24, 2.45) is 0 Å². The number of nitrogen functional groups attached to an aromatic ring is 1. The third-order valence-corrected chi connectivity index (χ3v) is 3.46. The maximum absolute atomic E-state index is 6.08. The predicted octanol–water partition coefficient (Wildman–Crippen LogP) is 2.83. The number of halogens is 1. The Morgan fingerprint density at radius 2 is 2.00 bits per heavy atom. The van der Waals surface area contributed by atoms with Crippen molar-refractivity contribution < 1.29 is 0 Å². The predicted molar refractivity (Wildman–Crippen MR) is 72.3 cm³/mol. The fraction of sp³-hybridized carbons (Fsp3) is 0. The number of aromatic amines is 1. The number of anilines is 1. The number of H-pyrrole nitrogens is 1. The molecule has 3 rings (SSSR count). The van der Waals surface area contributed by atoms with E-state index in [0.717, 1.165) is 10.6 Å². The van der Waals surface area contributed by atoms with E-state index in [0.29, 0.717) is 22.1 Å². The van der Waals surface area contributed by atoms with Crippen LogP contribution in [0.5, 0.6) is 0 Å². The smallest absolute Gasteiger partial charge is 0.167 e. The molecular formula is C11H8ClN5S. The maximum Gasteiger partial charge on any atom is 0.167 e. The fourth-order valence-electron chi connectivity index (χ4n) is 1.62. The molecule has 18 heavy (non-hydrogen) atoms. The number of hydrogen-bond acceptors (Lipinski definition) is 5. The molecule has 0 saturated heterocycles. The lowest BCUT2D eigenvalue weighted by Crippen LogP contribution is -1.89. The molecule has 1 aromatic carbocycles. The molecule has 0 amide bonds. The zero-order chi connectivity index (χ0) is 12.5. The molecule has 0 fully saturated rings. The van der Waals surface area contributed by atoms with Gasteiger partial charge < -0.3 is 5.73 Å². The molecule has 0 saturated carbocycles. The summed E-state index contributed by atoms with van der Waals surface area (Å²) in [5, 5.41) is 16.3. The van der Waals surface area contributed by atoms with E-state index in [1.807, 2.05) is 12.1 Å². The third-order valence-electron chi connectivity index (χ3n) is 2.50. The van der Waals surface area contributed by atoms with Crippen molar-refractivity contribution in [3.05, 3.63) is 34.8 Å². The maximum atomic E-state index is 6.08. The van der Waals surface area contributed by atoms with E-state index in [1.54, 1.807) is 17.6 Å². The second-order valence-electron chi connectivity index (χ2n) is 3.61. The summed E-state index contributed by atoms with van der Waals surface area (Å²) in [6.07, 6.45) is 0. The van der Waals surface area contributed by atoms with Crippen LogP contribution in [0.4, 0.5) is 5.69 Å². The van der Waals surface area contributed by atoms with Crippen molar-refractivity contribution in [3.8, 4) is 22.0 Å². The molecule has 0 aliphatic heterocycles. The van der Waals surface area contributed by atoms with Crippen LogP contribution in [0, 0.1) is 0 Å². The monoisotopic (exact) mass is 277 g/mol. The molecule has 90 valence electrons. The van der Waals surface area contributed by atoms with E-state index in [4.69, 9.17) is 17.3 Å². The number of nitrogens with two attached hydrogens (primary N) is 1. The lowest BCUT2D eigenvalue weighted by Gasteiger charge is -1.99. The van der Waals surface area contributed by atoms with E-state index < -0.39 is 0 Å². The first kappa shape index (κ1) is 11.2. The summed E-state index contributed by atoms with van der Waals surface area (Å²) < 4.78 is 0. The van der Waals surface area contributed by atoms with Crippen molar-refractivity contribution in [2.75, 3.05) is 5.73 Å². The molecule has 3 N–H and O–H groups in total. The standard InChI is InChI=1S/C11H8ClN5S/c12-7-3-1-6(2-4-7)9-8(13)10(16-15-9)11-17-14-5-18-11/h1-5H,13H2,(H,15,16). The minimum atomic E-state index is 0.564. The molecule has 0 spiro atoms. The van der Waals surface area contributed by atoms with Crippen LogP contribution in [0.2, 0.25) is 5.02 Å². The van der Waals surface area contributed by atoms with Crippen LogP contribution in [0.15, 0.2) is 29.8 Å². The van der Waals surface area contributed by atoms with Crippen LogP contribution in [0.3, 0.4) is 0 Å². The second-order valence-corrected chi connectivity index (χ2v) is 4.88. The molecule has 5 nitrogen and oxygen atoms in total. The molecule has 0 atom stereocenters. The van der Waals surface area contributed by atoms with Gasteiger partial charge in [0.2, 0.25) is 0 Å². The number of hydrogen-bond donors (Lipinski definition) is 2. The van der Waals surface area contributed by atoms with Gasteiger partial charge in [-0.25, -0.2) is 0 Å². The summed E-state index contributed by atoms with van der Waals surface area (Å²) in [5.41, 5.74) is 10.6. The van der Waals surface area contributed by atoms with Gasteiger partial charge in [0.1, 0.15) is 16.9 Å². The largest absolute Gasteiger partial charge is 0.395 e. The first-order chi connectivity index (χ1) is 8.75. The van der Waals surface area contributed by atoms with Crippen LogP contribution in [-0.4, -0.2) is 20.4 Å². The van der Waals surface area contributed by atoms with Crippen molar-refractivity contribution in [2.45, 2.75) is 0 Å². The van der Waals surface area contributed by atoms with Gasteiger partial charge in [-0.1, -0.05) is 35.1 Å². The van der Waals surface area contributed by atoms with Gasteiger partial charge in [0.05, 0.1) is 5.69 Å². The highest BCUT2D eigenvalue weighted by Crippen LogP contribution is 2.33. The van der Waals surface area contributed by atoms with E-state index in [2.05, 4.69) is 20.4 Å². The minimum absolute atomic E-state index is 0.564. The van der Waals surface area contributed by atoms with Gasteiger partial charge in [0.25, 0.3) is 0 Å². The molecule has 0 unspecified atom stereocenters. The average Bonchev–Trinajstić information content (AvgIpc) is 2.99. The van der Waals surface area contributed by atoms with Gasteiger partial charge in [-0.3, -0.25) is 5.10 Å². The second kappa shape index (κ2) is 4.40. The average molecular weight is 278 g/mol. The van der Waals surface area contributed by atoms with Gasteiger partial charge in [-0.15, -0.1) is 10.2 Å². The zero-order valence-corrected chi connectivity index (χ0v) is 10.7. The molecule has 0 bridgehead atoms. The van der Waals surface area contributed by atoms with Gasteiger partial charge in [0, 0.05) is 10.6 Å². The van der Waals surface area contributed by atoms with Gasteiger partial charge in [0.15, 0.2) is 5.01 Å². The molecule has 2 heterocycles. The normalized spacial score (nSPS) is 10.7. The molecule has 0 aliphatic rings. The Bertz CT molecular complexity index is 659. The van der Waals surface area contributed by atoms with E-state index >= 15 is 0 Å². The first-order valence-electron chi connectivity index (χ1n) is 5.12. The van der Waals surface area contributed by atoms with Crippen LogP contribution in [0.25, 0.3) is 22.0 Å². The quantitative estimate of drug-likeness (QED) is 0.755. The lowest BCUT2D eigenvalue weighted by atomic mass is 10.1. The summed E-state index contributed by atoms with van der Waals surface area (Å²) in [6.45, 7) is 0. The number of nitrogens with one attached hydrogen (secondary N) is 1. The molecule has 2 aromatic heterocycles.